The van der Waals surface area contributed by atoms with Gasteiger partial charge in [-0.15, -0.1) is 0 Å². The SMILES string of the molecule is CCOC(=O)c1cc(Cl)cc(C)c1NC(=O)C(CC)[N+]1(C)CCCC1. The van der Waals surface area contributed by atoms with Crippen molar-refractivity contribution in [3.63, 3.8) is 0 Å². The molecule has 1 aromatic carbocycles. The predicted molar refractivity (Wildman–Crippen MR) is 100 cm³/mol. The lowest BCUT2D eigenvalue weighted by molar-refractivity contribution is -0.913. The van der Waals surface area contributed by atoms with E-state index in [1.807, 2.05) is 13.8 Å². The Labute approximate surface area is 154 Å². The molecule has 5 nitrogen and oxygen atoms in total. The fourth-order valence-corrected chi connectivity index (χ4v) is 4.04. The van der Waals surface area contributed by atoms with Crippen LogP contribution < -0.4 is 5.32 Å². The number of carbonyl (C=O) groups is 2. The number of quaternary nitrogens is 1. The molecule has 0 aliphatic carbocycles. The largest absolute Gasteiger partial charge is 0.462 e. The van der Waals surface area contributed by atoms with E-state index in [0.29, 0.717) is 16.3 Å². The maximum Gasteiger partial charge on any atom is 0.340 e. The van der Waals surface area contributed by atoms with Crippen molar-refractivity contribution in [2.75, 3.05) is 32.1 Å². The van der Waals surface area contributed by atoms with Crippen LogP contribution in [0.5, 0.6) is 0 Å². The maximum atomic E-state index is 13.0. The van der Waals surface area contributed by atoms with E-state index < -0.39 is 5.97 Å². The molecule has 0 bridgehead atoms. The number of amides is 1. The Bertz CT molecular complexity index is 654. The van der Waals surface area contributed by atoms with Crippen molar-refractivity contribution in [2.45, 2.75) is 46.1 Å². The molecule has 25 heavy (non-hydrogen) atoms. The first-order valence-corrected chi connectivity index (χ1v) is 9.32. The van der Waals surface area contributed by atoms with E-state index in [1.165, 1.54) is 0 Å². The molecule has 1 heterocycles. The quantitative estimate of drug-likeness (QED) is 0.615. The molecule has 1 amide bonds. The predicted octanol–water partition coefficient (Wildman–Crippen LogP) is 3.78. The minimum absolute atomic E-state index is 0.0529. The second kappa shape index (κ2) is 8.19. The summed E-state index contributed by atoms with van der Waals surface area (Å²) in [5.41, 5.74) is 1.55. The molecule has 6 heteroatoms. The normalized spacial score (nSPS) is 17.2. The van der Waals surface area contributed by atoms with Gasteiger partial charge in [-0.2, -0.15) is 0 Å². The molecular weight excluding hydrogens is 340 g/mol. The van der Waals surface area contributed by atoms with E-state index in [4.69, 9.17) is 16.3 Å². The number of likely N-dealkylation sites (N-methyl/N-ethyl adjacent to an activating group) is 1. The number of likely N-dealkylation sites (tertiary alicyclic amines) is 1. The molecule has 1 aliphatic rings. The second-order valence-corrected chi connectivity index (χ2v) is 7.35. The molecule has 1 N–H and O–H groups in total. The van der Waals surface area contributed by atoms with Gasteiger partial charge in [-0.25, -0.2) is 4.79 Å². The summed E-state index contributed by atoms with van der Waals surface area (Å²) >= 11 is 6.09. The van der Waals surface area contributed by atoms with Crippen LogP contribution in [0.4, 0.5) is 5.69 Å². The number of carbonyl (C=O) groups excluding carboxylic acids is 2. The molecule has 1 fully saturated rings. The van der Waals surface area contributed by atoms with E-state index in [0.717, 1.165) is 42.4 Å². The number of aryl methyl sites for hydroxylation is 1. The number of ether oxygens (including phenoxy) is 1. The van der Waals surface area contributed by atoms with Gasteiger partial charge in [0.25, 0.3) is 5.91 Å². The third-order valence-electron chi connectivity index (χ3n) is 5.07. The number of benzene rings is 1. The Balaban J connectivity index is 2.32. The third kappa shape index (κ3) is 4.33. The van der Waals surface area contributed by atoms with Gasteiger partial charge in [-0.1, -0.05) is 18.5 Å². The number of nitrogens with one attached hydrogen (secondary N) is 1. The van der Waals surface area contributed by atoms with Crippen molar-refractivity contribution in [3.05, 3.63) is 28.3 Å². The second-order valence-electron chi connectivity index (χ2n) is 6.91. The van der Waals surface area contributed by atoms with Crippen molar-refractivity contribution in [3.8, 4) is 0 Å². The highest BCUT2D eigenvalue weighted by atomic mass is 35.5. The average Bonchev–Trinajstić information content (AvgIpc) is 2.97. The molecule has 1 atom stereocenters. The highest BCUT2D eigenvalue weighted by Crippen LogP contribution is 2.29. The zero-order valence-electron chi connectivity index (χ0n) is 15.5. The van der Waals surface area contributed by atoms with E-state index in [9.17, 15) is 9.59 Å². The summed E-state index contributed by atoms with van der Waals surface area (Å²) in [4.78, 5) is 25.3. The highest BCUT2D eigenvalue weighted by Gasteiger charge is 2.39. The number of rotatable bonds is 6. The fraction of sp³-hybridized carbons (Fsp3) is 0.579. The van der Waals surface area contributed by atoms with Crippen molar-refractivity contribution in [2.24, 2.45) is 0 Å². The van der Waals surface area contributed by atoms with Gasteiger partial charge in [0.15, 0.2) is 6.04 Å². The smallest absolute Gasteiger partial charge is 0.340 e. The first kappa shape index (κ1) is 19.7. The van der Waals surface area contributed by atoms with Gasteiger partial charge < -0.3 is 14.5 Å². The lowest BCUT2D eigenvalue weighted by Gasteiger charge is -2.36. The lowest BCUT2D eigenvalue weighted by Crippen LogP contribution is -2.55. The van der Waals surface area contributed by atoms with Crippen LogP contribution in [0, 0.1) is 6.92 Å². The molecule has 0 spiro atoms. The number of nitrogens with zero attached hydrogens (tertiary/aromatic N) is 1. The summed E-state index contributed by atoms with van der Waals surface area (Å²) < 4.78 is 5.87. The Morgan fingerprint density at radius 2 is 1.92 bits per heavy atom. The van der Waals surface area contributed by atoms with E-state index in [-0.39, 0.29) is 18.6 Å². The number of hydrogen-bond donors (Lipinski definition) is 1. The number of anilines is 1. The van der Waals surface area contributed by atoms with Crippen molar-refractivity contribution in [1.82, 2.24) is 0 Å². The van der Waals surface area contributed by atoms with Crippen LogP contribution in [0.3, 0.4) is 0 Å². The fourth-order valence-electron chi connectivity index (χ4n) is 3.76. The molecule has 1 unspecified atom stereocenters. The van der Waals surface area contributed by atoms with Gasteiger partial charge in [0, 0.05) is 24.3 Å². The topological polar surface area (TPSA) is 55.4 Å². The summed E-state index contributed by atoms with van der Waals surface area (Å²) in [5.74, 6) is -0.527. The highest BCUT2D eigenvalue weighted by molar-refractivity contribution is 6.31. The molecular formula is C19H28ClN2O3+. The molecule has 1 aliphatic heterocycles. The van der Waals surface area contributed by atoms with Crippen LogP contribution in [0.15, 0.2) is 12.1 Å². The Morgan fingerprint density at radius 3 is 2.48 bits per heavy atom. The monoisotopic (exact) mass is 367 g/mol. The molecule has 0 saturated carbocycles. The van der Waals surface area contributed by atoms with Gasteiger partial charge in [-0.3, -0.25) is 4.79 Å². The number of hydrogen-bond acceptors (Lipinski definition) is 3. The molecule has 1 aromatic rings. The minimum Gasteiger partial charge on any atom is -0.462 e. The third-order valence-corrected chi connectivity index (χ3v) is 5.29. The first-order chi connectivity index (χ1) is 11.8. The summed E-state index contributed by atoms with van der Waals surface area (Å²) in [6.45, 7) is 7.90. The van der Waals surface area contributed by atoms with Gasteiger partial charge in [0.2, 0.25) is 0 Å². The van der Waals surface area contributed by atoms with Gasteiger partial charge in [0.05, 0.1) is 38.0 Å². The van der Waals surface area contributed by atoms with Crippen LogP contribution in [0.25, 0.3) is 0 Å². The summed E-state index contributed by atoms with van der Waals surface area (Å²) in [7, 11) is 2.14. The van der Waals surface area contributed by atoms with Crippen molar-refractivity contribution < 1.29 is 18.8 Å². The van der Waals surface area contributed by atoms with Crippen LogP contribution in [0.2, 0.25) is 5.02 Å². The van der Waals surface area contributed by atoms with E-state index in [1.54, 1.807) is 19.1 Å². The van der Waals surface area contributed by atoms with Gasteiger partial charge in [-0.05, 0) is 31.5 Å². The van der Waals surface area contributed by atoms with Gasteiger partial charge in [0.1, 0.15) is 0 Å². The van der Waals surface area contributed by atoms with Crippen LogP contribution in [-0.4, -0.2) is 49.1 Å². The Morgan fingerprint density at radius 1 is 1.28 bits per heavy atom. The Hall–Kier alpha value is -1.59. The summed E-state index contributed by atoms with van der Waals surface area (Å²) in [5, 5.41) is 3.43. The number of halogens is 1. The molecule has 2 rings (SSSR count). The summed E-state index contributed by atoms with van der Waals surface area (Å²) in [6.07, 6.45) is 3.05. The van der Waals surface area contributed by atoms with Crippen LogP contribution in [-0.2, 0) is 9.53 Å². The van der Waals surface area contributed by atoms with Crippen molar-refractivity contribution >= 4 is 29.2 Å². The first-order valence-electron chi connectivity index (χ1n) is 8.94. The van der Waals surface area contributed by atoms with E-state index in [2.05, 4.69) is 12.4 Å². The van der Waals surface area contributed by atoms with Crippen LogP contribution >= 0.6 is 11.6 Å². The molecule has 0 radical (unpaired) electrons. The Kier molecular flexibility index (Phi) is 6.47. The lowest BCUT2D eigenvalue weighted by atomic mass is 10.1. The average molecular weight is 368 g/mol. The number of esters is 1. The maximum absolute atomic E-state index is 13.0. The molecule has 138 valence electrons. The van der Waals surface area contributed by atoms with E-state index >= 15 is 0 Å². The van der Waals surface area contributed by atoms with Crippen LogP contribution in [0.1, 0.15) is 49.0 Å². The molecule has 0 aromatic heterocycles. The minimum atomic E-state index is -0.474. The zero-order chi connectivity index (χ0) is 18.6. The summed E-state index contributed by atoms with van der Waals surface area (Å²) in [6, 6.07) is 3.16. The standard InChI is InChI=1S/C19H27ClN2O3/c1-5-16(22(4)9-7-8-10-22)18(23)21-17-13(3)11-14(20)12-15(17)19(24)25-6-2/h11-12,16H,5-10H2,1-4H3/p+1. The van der Waals surface area contributed by atoms with Gasteiger partial charge >= 0.3 is 5.97 Å². The molecule has 1 saturated heterocycles. The zero-order valence-corrected chi connectivity index (χ0v) is 16.3. The van der Waals surface area contributed by atoms with Crippen molar-refractivity contribution in [1.29, 1.82) is 0 Å².